The Bertz CT molecular complexity index is 1080. The van der Waals surface area contributed by atoms with Gasteiger partial charge in [-0.15, -0.1) is 0 Å². The predicted octanol–water partition coefficient (Wildman–Crippen LogP) is 5.07. The smallest absolute Gasteiger partial charge is 0.253 e. The number of piperidine rings is 1. The largest absolute Gasteiger partial charge is 0.358 e. The first-order valence-electron chi connectivity index (χ1n) is 10.5. The van der Waals surface area contributed by atoms with Crippen molar-refractivity contribution in [1.82, 2.24) is 9.80 Å². The highest BCUT2D eigenvalue weighted by molar-refractivity contribution is 9.10. The van der Waals surface area contributed by atoms with Crippen molar-refractivity contribution in [2.75, 3.05) is 26.4 Å². The number of amides is 1. The Balaban J connectivity index is 1.20. The van der Waals surface area contributed by atoms with Crippen LogP contribution < -0.4 is 0 Å². The number of ether oxygens (including phenoxy) is 1. The molecule has 2 aliphatic heterocycles. The Morgan fingerprint density at radius 2 is 1.77 bits per heavy atom. The number of hydrogen-bond donors (Lipinski definition) is 0. The van der Waals surface area contributed by atoms with Gasteiger partial charge in [-0.25, -0.2) is 0 Å². The summed E-state index contributed by atoms with van der Waals surface area (Å²) in [5, 5.41) is 2.56. The van der Waals surface area contributed by atoms with Crippen LogP contribution in [0, 0.1) is 0 Å². The monoisotopic (exact) mass is 464 g/mol. The Morgan fingerprint density at radius 1 is 0.967 bits per heavy atom. The second-order valence-electron chi connectivity index (χ2n) is 8.43. The van der Waals surface area contributed by atoms with E-state index in [4.69, 9.17) is 4.74 Å². The van der Waals surface area contributed by atoms with Crippen molar-refractivity contribution in [3.63, 3.8) is 0 Å². The maximum Gasteiger partial charge on any atom is 0.253 e. The molecule has 2 fully saturated rings. The predicted molar refractivity (Wildman–Crippen MR) is 122 cm³/mol. The number of rotatable bonds is 3. The molecule has 0 saturated carbocycles. The van der Waals surface area contributed by atoms with Crippen LogP contribution in [0.2, 0.25) is 0 Å². The van der Waals surface area contributed by atoms with E-state index in [1.54, 1.807) is 0 Å². The molecule has 3 aromatic carbocycles. The first-order valence-corrected chi connectivity index (χ1v) is 11.3. The average Bonchev–Trinajstić information content (AvgIpc) is 3.15. The van der Waals surface area contributed by atoms with Gasteiger partial charge in [0, 0.05) is 36.2 Å². The number of halogens is 1. The number of fused-ring (bicyclic) bond motifs is 1. The van der Waals surface area contributed by atoms with Crippen molar-refractivity contribution in [2.45, 2.75) is 25.0 Å². The van der Waals surface area contributed by atoms with Gasteiger partial charge in [-0.1, -0.05) is 58.4 Å². The van der Waals surface area contributed by atoms with Crippen molar-refractivity contribution in [3.05, 3.63) is 82.3 Å². The fourth-order valence-electron chi connectivity index (χ4n) is 4.65. The van der Waals surface area contributed by atoms with Crippen LogP contribution in [0.3, 0.4) is 0 Å². The zero-order chi connectivity index (χ0) is 20.6. The Morgan fingerprint density at radius 3 is 2.57 bits per heavy atom. The van der Waals surface area contributed by atoms with Crippen LogP contribution in [0.4, 0.5) is 0 Å². The van der Waals surface area contributed by atoms with Crippen LogP contribution in [0.1, 0.15) is 28.8 Å². The summed E-state index contributed by atoms with van der Waals surface area (Å²) in [6.45, 7) is 3.97. The molecular formula is C25H25BrN2O2. The summed E-state index contributed by atoms with van der Waals surface area (Å²) >= 11 is 3.45. The zero-order valence-corrected chi connectivity index (χ0v) is 18.5. The van der Waals surface area contributed by atoms with E-state index in [1.165, 1.54) is 16.3 Å². The van der Waals surface area contributed by atoms with E-state index in [1.807, 2.05) is 29.2 Å². The maximum absolute atomic E-state index is 12.8. The molecular weight excluding hydrogens is 440 g/mol. The van der Waals surface area contributed by atoms with Gasteiger partial charge in [0.05, 0.1) is 5.60 Å². The van der Waals surface area contributed by atoms with E-state index in [0.717, 1.165) is 49.1 Å². The SMILES string of the molecule is O=C(c1cccc(Br)c1)N1CCC2(CC1)CN(Cc1ccc3ccccc3c1)CO2. The van der Waals surface area contributed by atoms with E-state index in [-0.39, 0.29) is 11.5 Å². The van der Waals surface area contributed by atoms with Gasteiger partial charge in [-0.05, 0) is 53.4 Å². The topological polar surface area (TPSA) is 32.8 Å². The molecule has 0 unspecified atom stereocenters. The van der Waals surface area contributed by atoms with E-state index in [0.29, 0.717) is 6.73 Å². The summed E-state index contributed by atoms with van der Waals surface area (Å²) in [6, 6.07) is 22.8. The first kappa shape index (κ1) is 19.7. The van der Waals surface area contributed by atoms with Crippen molar-refractivity contribution >= 4 is 32.6 Å². The summed E-state index contributed by atoms with van der Waals surface area (Å²) in [5.74, 6) is 0.108. The molecule has 0 bridgehead atoms. The lowest BCUT2D eigenvalue weighted by atomic mass is 9.91. The van der Waals surface area contributed by atoms with E-state index >= 15 is 0 Å². The number of carbonyl (C=O) groups excluding carboxylic acids is 1. The van der Waals surface area contributed by atoms with Gasteiger partial charge in [0.1, 0.15) is 6.73 Å². The normalized spacial score (nSPS) is 18.9. The van der Waals surface area contributed by atoms with Crippen LogP contribution in [-0.2, 0) is 11.3 Å². The number of likely N-dealkylation sites (tertiary alicyclic amines) is 1. The second kappa shape index (κ2) is 8.14. The molecule has 1 amide bonds. The molecule has 154 valence electrons. The molecule has 2 saturated heterocycles. The summed E-state index contributed by atoms with van der Waals surface area (Å²) in [6.07, 6.45) is 1.78. The fraction of sp³-hybridized carbons (Fsp3) is 0.320. The second-order valence-corrected chi connectivity index (χ2v) is 9.34. The molecule has 5 heteroatoms. The summed E-state index contributed by atoms with van der Waals surface area (Å²) in [4.78, 5) is 17.2. The number of hydrogen-bond acceptors (Lipinski definition) is 3. The van der Waals surface area contributed by atoms with Gasteiger partial charge in [0.25, 0.3) is 5.91 Å². The lowest BCUT2D eigenvalue weighted by Crippen LogP contribution is -2.48. The molecule has 5 rings (SSSR count). The Kier molecular flexibility index (Phi) is 5.35. The summed E-state index contributed by atoms with van der Waals surface area (Å²) < 4.78 is 7.22. The van der Waals surface area contributed by atoms with Gasteiger partial charge in [-0.2, -0.15) is 0 Å². The highest BCUT2D eigenvalue weighted by atomic mass is 79.9. The van der Waals surface area contributed by atoms with Crippen LogP contribution >= 0.6 is 15.9 Å². The van der Waals surface area contributed by atoms with E-state index in [2.05, 4.69) is 63.3 Å². The maximum atomic E-state index is 12.8. The van der Waals surface area contributed by atoms with E-state index in [9.17, 15) is 4.79 Å². The number of carbonyl (C=O) groups is 1. The third-order valence-electron chi connectivity index (χ3n) is 6.32. The van der Waals surface area contributed by atoms with Crippen LogP contribution in [-0.4, -0.2) is 47.7 Å². The summed E-state index contributed by atoms with van der Waals surface area (Å²) in [7, 11) is 0. The van der Waals surface area contributed by atoms with Crippen molar-refractivity contribution < 1.29 is 9.53 Å². The molecule has 30 heavy (non-hydrogen) atoms. The van der Waals surface area contributed by atoms with Crippen LogP contribution in [0.25, 0.3) is 10.8 Å². The molecule has 3 aromatic rings. The molecule has 2 heterocycles. The van der Waals surface area contributed by atoms with E-state index < -0.39 is 0 Å². The average molecular weight is 465 g/mol. The van der Waals surface area contributed by atoms with Gasteiger partial charge < -0.3 is 9.64 Å². The lowest BCUT2D eigenvalue weighted by Gasteiger charge is -2.38. The molecule has 1 spiro atoms. The van der Waals surface area contributed by atoms with Gasteiger partial charge >= 0.3 is 0 Å². The minimum atomic E-state index is -0.120. The number of nitrogens with zero attached hydrogens (tertiary/aromatic N) is 2. The van der Waals surface area contributed by atoms with Crippen LogP contribution in [0.15, 0.2) is 71.2 Å². The van der Waals surface area contributed by atoms with Crippen molar-refractivity contribution in [3.8, 4) is 0 Å². The van der Waals surface area contributed by atoms with Gasteiger partial charge in [0.15, 0.2) is 0 Å². The molecule has 0 aromatic heterocycles. The van der Waals surface area contributed by atoms with Gasteiger partial charge in [0.2, 0.25) is 0 Å². The molecule has 0 atom stereocenters. The molecule has 0 N–H and O–H groups in total. The third kappa shape index (κ3) is 4.02. The molecule has 0 aliphatic carbocycles. The minimum absolute atomic E-state index is 0.108. The Labute approximate surface area is 185 Å². The zero-order valence-electron chi connectivity index (χ0n) is 16.9. The minimum Gasteiger partial charge on any atom is -0.358 e. The highest BCUT2D eigenvalue weighted by Crippen LogP contribution is 2.33. The third-order valence-corrected chi connectivity index (χ3v) is 6.81. The quantitative estimate of drug-likeness (QED) is 0.542. The van der Waals surface area contributed by atoms with Crippen molar-refractivity contribution in [1.29, 1.82) is 0 Å². The lowest BCUT2D eigenvalue weighted by molar-refractivity contribution is -0.0352. The Hall–Kier alpha value is -2.21. The summed E-state index contributed by atoms with van der Waals surface area (Å²) in [5.41, 5.74) is 1.94. The number of benzene rings is 3. The van der Waals surface area contributed by atoms with Crippen molar-refractivity contribution in [2.24, 2.45) is 0 Å². The first-order chi connectivity index (χ1) is 14.6. The molecule has 0 radical (unpaired) electrons. The van der Waals surface area contributed by atoms with Gasteiger partial charge in [-0.3, -0.25) is 9.69 Å². The molecule has 4 nitrogen and oxygen atoms in total. The standard InChI is InChI=1S/C25H25BrN2O2/c26-23-7-3-6-22(15-23)24(29)28-12-10-25(11-13-28)17-27(18-30-25)16-19-8-9-20-4-1-2-5-21(20)14-19/h1-9,14-15H,10-13,16-18H2. The fourth-order valence-corrected chi connectivity index (χ4v) is 5.05. The highest BCUT2D eigenvalue weighted by Gasteiger charge is 2.42. The van der Waals surface area contributed by atoms with Crippen LogP contribution in [0.5, 0.6) is 0 Å². The molecule has 2 aliphatic rings.